The lowest BCUT2D eigenvalue weighted by atomic mass is 9.69. The van der Waals surface area contributed by atoms with E-state index < -0.39 is 5.92 Å². The number of rotatable bonds is 2. The lowest BCUT2D eigenvalue weighted by Gasteiger charge is -2.43. The highest BCUT2D eigenvalue weighted by atomic mass is 35.5. The Morgan fingerprint density at radius 2 is 1.86 bits per heavy atom. The lowest BCUT2D eigenvalue weighted by Crippen LogP contribution is -2.43. The van der Waals surface area contributed by atoms with Crippen LogP contribution in [0.5, 0.6) is 0 Å². The monoisotopic (exact) mass is 411 g/mol. The Morgan fingerprint density at radius 1 is 1.10 bits per heavy atom. The van der Waals surface area contributed by atoms with Crippen LogP contribution in [0, 0.1) is 18.2 Å². The fourth-order valence-electron chi connectivity index (χ4n) is 4.44. The molecule has 1 aliphatic carbocycles. The Balaban J connectivity index is 1.91. The standard InChI is InChI=1S/C24H23ClFNO2/c1-14-7-8-17(10-19(14)25)27-20-12-24(2,3)13-21(28)23(20)18(11-22(27)29)15-5-4-6-16(26)9-15/h4-10,18H,11-13H2,1-3H3. The van der Waals surface area contributed by atoms with Crippen LogP contribution < -0.4 is 4.90 Å². The number of carbonyl (C=O) groups is 2. The van der Waals surface area contributed by atoms with Crippen molar-refractivity contribution in [3.63, 3.8) is 0 Å². The number of benzene rings is 2. The van der Waals surface area contributed by atoms with E-state index in [1.165, 1.54) is 12.1 Å². The van der Waals surface area contributed by atoms with Gasteiger partial charge in [-0.15, -0.1) is 0 Å². The van der Waals surface area contributed by atoms with Crippen molar-refractivity contribution in [1.82, 2.24) is 0 Å². The zero-order valence-electron chi connectivity index (χ0n) is 16.8. The maximum absolute atomic E-state index is 13.9. The maximum atomic E-state index is 13.9. The molecule has 5 heteroatoms. The average Bonchev–Trinajstić information content (AvgIpc) is 2.62. The summed E-state index contributed by atoms with van der Waals surface area (Å²) < 4.78 is 13.9. The smallest absolute Gasteiger partial charge is 0.232 e. The van der Waals surface area contributed by atoms with E-state index in [4.69, 9.17) is 11.6 Å². The summed E-state index contributed by atoms with van der Waals surface area (Å²) in [4.78, 5) is 28.1. The van der Waals surface area contributed by atoms with Crippen molar-refractivity contribution in [2.45, 2.75) is 46.0 Å². The number of hydrogen-bond donors (Lipinski definition) is 0. The second-order valence-electron chi connectivity index (χ2n) is 8.78. The summed E-state index contributed by atoms with van der Waals surface area (Å²) in [6, 6.07) is 11.7. The van der Waals surface area contributed by atoms with Gasteiger partial charge in [0, 0.05) is 35.1 Å². The van der Waals surface area contributed by atoms with E-state index in [1.54, 1.807) is 23.1 Å². The van der Waals surface area contributed by atoms with Gasteiger partial charge >= 0.3 is 0 Å². The number of allylic oxidation sites excluding steroid dienone is 2. The molecule has 1 unspecified atom stereocenters. The molecule has 0 saturated heterocycles. The van der Waals surface area contributed by atoms with Gasteiger partial charge in [-0.25, -0.2) is 4.39 Å². The molecule has 1 amide bonds. The summed E-state index contributed by atoms with van der Waals surface area (Å²) >= 11 is 6.32. The Morgan fingerprint density at radius 3 is 2.55 bits per heavy atom. The van der Waals surface area contributed by atoms with Crippen molar-refractivity contribution >= 4 is 29.0 Å². The van der Waals surface area contributed by atoms with E-state index in [0.717, 1.165) is 11.3 Å². The number of nitrogens with zero attached hydrogens (tertiary/aromatic N) is 1. The highest BCUT2D eigenvalue weighted by Crippen LogP contribution is 2.48. The number of hydrogen-bond acceptors (Lipinski definition) is 2. The average molecular weight is 412 g/mol. The minimum atomic E-state index is -0.422. The minimum absolute atomic E-state index is 0.0289. The van der Waals surface area contributed by atoms with E-state index in [0.29, 0.717) is 34.7 Å². The van der Waals surface area contributed by atoms with Crippen LogP contribution in [0.15, 0.2) is 53.7 Å². The molecule has 2 aromatic carbocycles. The molecule has 1 atom stereocenters. The molecule has 29 heavy (non-hydrogen) atoms. The Kier molecular flexibility index (Phi) is 4.86. The second kappa shape index (κ2) is 7.10. The summed E-state index contributed by atoms with van der Waals surface area (Å²) in [5.74, 6) is -0.868. The van der Waals surface area contributed by atoms with E-state index in [9.17, 15) is 14.0 Å². The van der Waals surface area contributed by atoms with Crippen molar-refractivity contribution in [2.24, 2.45) is 5.41 Å². The third-order valence-corrected chi connectivity index (χ3v) is 6.21. The molecule has 0 saturated carbocycles. The molecule has 3 nitrogen and oxygen atoms in total. The minimum Gasteiger partial charge on any atom is -0.294 e. The van der Waals surface area contributed by atoms with Crippen molar-refractivity contribution in [3.8, 4) is 0 Å². The van der Waals surface area contributed by atoms with Crippen molar-refractivity contribution < 1.29 is 14.0 Å². The van der Waals surface area contributed by atoms with Gasteiger partial charge in [0.05, 0.1) is 5.69 Å². The van der Waals surface area contributed by atoms with Gasteiger partial charge in [0.15, 0.2) is 5.78 Å². The first-order valence-corrected chi connectivity index (χ1v) is 10.1. The first-order valence-electron chi connectivity index (χ1n) is 9.77. The van der Waals surface area contributed by atoms with Crippen LogP contribution >= 0.6 is 11.6 Å². The van der Waals surface area contributed by atoms with Gasteiger partial charge in [0.25, 0.3) is 0 Å². The summed E-state index contributed by atoms with van der Waals surface area (Å²) in [5.41, 5.74) is 3.35. The van der Waals surface area contributed by atoms with E-state index in [1.807, 2.05) is 32.9 Å². The van der Waals surface area contributed by atoms with E-state index in [-0.39, 0.29) is 29.3 Å². The van der Waals surface area contributed by atoms with Gasteiger partial charge in [-0.2, -0.15) is 0 Å². The molecule has 0 spiro atoms. The summed E-state index contributed by atoms with van der Waals surface area (Å²) in [6.45, 7) is 5.97. The summed E-state index contributed by atoms with van der Waals surface area (Å²) in [7, 11) is 0. The number of carbonyl (C=O) groups excluding carboxylic acids is 2. The predicted molar refractivity (Wildman–Crippen MR) is 112 cm³/mol. The molecule has 0 aromatic heterocycles. The lowest BCUT2D eigenvalue weighted by molar-refractivity contribution is -0.121. The van der Waals surface area contributed by atoms with Crippen LogP contribution in [0.1, 0.15) is 50.2 Å². The number of aryl methyl sites for hydroxylation is 1. The molecular formula is C24H23ClFNO2. The van der Waals surface area contributed by atoms with Crippen molar-refractivity contribution in [1.29, 1.82) is 0 Å². The van der Waals surface area contributed by atoms with Gasteiger partial charge in [-0.05, 0) is 54.2 Å². The summed E-state index contributed by atoms with van der Waals surface area (Å²) in [6.07, 6.45) is 1.13. The molecule has 1 aliphatic heterocycles. The highest BCUT2D eigenvalue weighted by molar-refractivity contribution is 6.31. The third kappa shape index (κ3) is 3.62. The zero-order valence-corrected chi connectivity index (χ0v) is 17.5. The van der Waals surface area contributed by atoms with E-state index >= 15 is 0 Å². The number of amides is 1. The Labute approximate surface area is 175 Å². The number of halogens is 2. The van der Waals surface area contributed by atoms with Crippen LogP contribution in [0.4, 0.5) is 10.1 Å². The molecule has 2 aliphatic rings. The molecule has 0 N–H and O–H groups in total. The Bertz CT molecular complexity index is 1060. The molecule has 2 aromatic rings. The normalized spacial score (nSPS) is 21.4. The van der Waals surface area contributed by atoms with Crippen LogP contribution in [0.25, 0.3) is 0 Å². The molecule has 0 bridgehead atoms. The van der Waals surface area contributed by atoms with Crippen LogP contribution in [0.2, 0.25) is 5.02 Å². The van der Waals surface area contributed by atoms with Gasteiger partial charge < -0.3 is 0 Å². The summed E-state index contributed by atoms with van der Waals surface area (Å²) in [5, 5.41) is 0.575. The van der Waals surface area contributed by atoms with Crippen LogP contribution in [0.3, 0.4) is 0 Å². The number of ketones is 1. The SMILES string of the molecule is Cc1ccc(N2C(=O)CC(c3cccc(F)c3)C3=C2CC(C)(C)CC3=O)cc1Cl. The first kappa shape index (κ1) is 19.8. The van der Waals surface area contributed by atoms with Crippen LogP contribution in [-0.2, 0) is 9.59 Å². The Hall–Kier alpha value is -2.46. The van der Waals surface area contributed by atoms with Gasteiger partial charge in [0.1, 0.15) is 5.82 Å². The van der Waals surface area contributed by atoms with E-state index in [2.05, 4.69) is 0 Å². The van der Waals surface area contributed by atoms with Gasteiger partial charge in [0.2, 0.25) is 5.91 Å². The zero-order chi connectivity index (χ0) is 20.9. The second-order valence-corrected chi connectivity index (χ2v) is 9.18. The molecule has 0 fully saturated rings. The molecule has 150 valence electrons. The largest absolute Gasteiger partial charge is 0.294 e. The quantitative estimate of drug-likeness (QED) is 0.612. The fourth-order valence-corrected chi connectivity index (χ4v) is 4.62. The molecular weight excluding hydrogens is 389 g/mol. The maximum Gasteiger partial charge on any atom is 0.232 e. The van der Waals surface area contributed by atoms with Gasteiger partial charge in [-0.1, -0.05) is 43.6 Å². The van der Waals surface area contributed by atoms with Crippen molar-refractivity contribution in [3.05, 3.63) is 75.7 Å². The van der Waals surface area contributed by atoms with Gasteiger partial charge in [-0.3, -0.25) is 14.5 Å². The molecule has 4 rings (SSSR count). The fraction of sp³-hybridized carbons (Fsp3) is 0.333. The first-order chi connectivity index (χ1) is 13.7. The van der Waals surface area contributed by atoms with Crippen molar-refractivity contribution in [2.75, 3.05) is 4.90 Å². The van der Waals surface area contributed by atoms with Crippen LogP contribution in [-0.4, -0.2) is 11.7 Å². The topological polar surface area (TPSA) is 37.4 Å². The molecule has 1 heterocycles. The highest BCUT2D eigenvalue weighted by Gasteiger charge is 2.44. The molecule has 0 radical (unpaired) electrons. The number of anilines is 1. The third-order valence-electron chi connectivity index (χ3n) is 5.81. The number of Topliss-reactive ketones (excluding diaryl/α,β-unsaturated/α-hetero) is 1. The predicted octanol–water partition coefficient (Wildman–Crippen LogP) is 5.95.